The van der Waals surface area contributed by atoms with E-state index in [1.165, 1.54) is 0 Å². The van der Waals surface area contributed by atoms with E-state index >= 15 is 0 Å². The van der Waals surface area contributed by atoms with Crippen LogP contribution >= 0.6 is 0 Å². The van der Waals surface area contributed by atoms with Crippen molar-refractivity contribution in [1.29, 1.82) is 0 Å². The Morgan fingerprint density at radius 1 is 1.57 bits per heavy atom. The Morgan fingerprint density at radius 3 is 2.64 bits per heavy atom. The number of rotatable bonds is 3. The number of alkyl halides is 2. The van der Waals surface area contributed by atoms with Gasteiger partial charge in [-0.25, -0.2) is 13.8 Å². The Bertz CT molecular complexity index is 357. The van der Waals surface area contributed by atoms with E-state index in [9.17, 15) is 18.9 Å². The molecule has 0 radical (unpaired) electrons. The highest BCUT2D eigenvalue weighted by Gasteiger charge is 2.16. The molecule has 1 rings (SSSR count). The van der Waals surface area contributed by atoms with Gasteiger partial charge in [-0.05, 0) is 0 Å². The number of nitrogens with zero attached hydrogens (tertiary/aromatic N) is 2. The zero-order valence-electron chi connectivity index (χ0n) is 6.85. The van der Waals surface area contributed by atoms with E-state index in [1.54, 1.807) is 0 Å². The molecule has 0 aliphatic rings. The lowest BCUT2D eigenvalue weighted by Gasteiger charge is -2.01. The zero-order valence-corrected chi connectivity index (χ0v) is 6.85. The van der Waals surface area contributed by atoms with Gasteiger partial charge in [0.05, 0.1) is 17.2 Å². The Balaban J connectivity index is 3.20. The molecule has 1 aromatic heterocycles. The van der Waals surface area contributed by atoms with Crippen molar-refractivity contribution >= 4 is 5.69 Å². The summed E-state index contributed by atoms with van der Waals surface area (Å²) in [6, 6.07) is 1.63. The summed E-state index contributed by atoms with van der Waals surface area (Å²) in [5, 5.41) is 18.9. The van der Waals surface area contributed by atoms with Gasteiger partial charge >= 0.3 is 0 Å². The maximum absolute atomic E-state index is 12.2. The molecule has 5 nitrogen and oxygen atoms in total. The van der Waals surface area contributed by atoms with E-state index < -0.39 is 29.3 Å². The van der Waals surface area contributed by atoms with Gasteiger partial charge in [0.2, 0.25) is 0 Å². The standard InChI is InChI=1S/C7H6F2N2O3/c8-7(9)6-2-5(11(13)14)1-4(3-12)10-6/h1-2,7,12H,3H2. The highest BCUT2D eigenvalue weighted by Crippen LogP contribution is 2.22. The molecule has 0 bridgehead atoms. The van der Waals surface area contributed by atoms with Crippen LogP contribution in [0.15, 0.2) is 12.1 Å². The summed E-state index contributed by atoms with van der Waals surface area (Å²) in [6.45, 7) is -0.610. The maximum atomic E-state index is 12.2. The molecule has 0 aliphatic carbocycles. The third kappa shape index (κ3) is 2.19. The molecule has 0 amide bonds. The molecule has 0 unspecified atom stereocenters. The maximum Gasteiger partial charge on any atom is 0.280 e. The van der Waals surface area contributed by atoms with Gasteiger partial charge in [-0.2, -0.15) is 0 Å². The summed E-state index contributed by atoms with van der Waals surface area (Å²) in [5.74, 6) is 0. The van der Waals surface area contributed by atoms with E-state index in [0.717, 1.165) is 6.07 Å². The molecule has 76 valence electrons. The van der Waals surface area contributed by atoms with Gasteiger partial charge in [0.1, 0.15) is 5.69 Å². The Morgan fingerprint density at radius 2 is 2.21 bits per heavy atom. The average molecular weight is 204 g/mol. The molecule has 1 heterocycles. The quantitative estimate of drug-likeness (QED) is 0.596. The van der Waals surface area contributed by atoms with Crippen LogP contribution in [-0.2, 0) is 6.61 Å². The molecule has 0 fully saturated rings. The Hall–Kier alpha value is -1.63. The fourth-order valence-electron chi connectivity index (χ4n) is 0.892. The van der Waals surface area contributed by atoms with E-state index in [0.29, 0.717) is 6.07 Å². The summed E-state index contributed by atoms with van der Waals surface area (Å²) >= 11 is 0. The predicted octanol–water partition coefficient (Wildman–Crippen LogP) is 1.42. The van der Waals surface area contributed by atoms with Crippen LogP contribution in [0.5, 0.6) is 0 Å². The molecule has 0 saturated heterocycles. The lowest BCUT2D eigenvalue weighted by Crippen LogP contribution is -1.99. The molecule has 0 atom stereocenters. The summed E-state index contributed by atoms with van der Waals surface area (Å²) in [5.41, 5.74) is -1.35. The highest BCUT2D eigenvalue weighted by atomic mass is 19.3. The van der Waals surface area contributed by atoms with Crippen molar-refractivity contribution in [3.8, 4) is 0 Å². The van der Waals surface area contributed by atoms with E-state index in [2.05, 4.69) is 4.98 Å². The first-order valence-electron chi connectivity index (χ1n) is 3.59. The van der Waals surface area contributed by atoms with Crippen LogP contribution < -0.4 is 0 Å². The number of halogens is 2. The van der Waals surface area contributed by atoms with Crippen molar-refractivity contribution in [2.45, 2.75) is 13.0 Å². The number of aliphatic hydroxyl groups excluding tert-OH is 1. The van der Waals surface area contributed by atoms with Gasteiger partial charge in [-0.1, -0.05) is 0 Å². The first-order valence-corrected chi connectivity index (χ1v) is 3.59. The van der Waals surface area contributed by atoms with Crippen LogP contribution in [-0.4, -0.2) is 15.0 Å². The van der Waals surface area contributed by atoms with E-state index in [-0.39, 0.29) is 5.69 Å². The summed E-state index contributed by atoms with van der Waals surface area (Å²) in [4.78, 5) is 12.8. The van der Waals surface area contributed by atoms with Crippen molar-refractivity contribution in [3.63, 3.8) is 0 Å². The lowest BCUT2D eigenvalue weighted by atomic mass is 10.2. The fraction of sp³-hybridized carbons (Fsp3) is 0.286. The first-order chi connectivity index (χ1) is 6.54. The number of hydrogen-bond donors (Lipinski definition) is 1. The summed E-state index contributed by atoms with van der Waals surface area (Å²) in [7, 11) is 0. The predicted molar refractivity (Wildman–Crippen MR) is 41.8 cm³/mol. The van der Waals surface area contributed by atoms with Gasteiger partial charge < -0.3 is 5.11 Å². The largest absolute Gasteiger partial charge is 0.390 e. The van der Waals surface area contributed by atoms with Crippen molar-refractivity contribution in [2.24, 2.45) is 0 Å². The normalized spacial score (nSPS) is 10.6. The molecular formula is C7H6F2N2O3. The zero-order chi connectivity index (χ0) is 10.7. The molecular weight excluding hydrogens is 198 g/mol. The second kappa shape index (κ2) is 4.05. The Labute approximate surface area is 77.2 Å². The minimum absolute atomic E-state index is 0.144. The minimum atomic E-state index is -2.89. The van der Waals surface area contributed by atoms with E-state index in [4.69, 9.17) is 5.11 Å². The monoisotopic (exact) mass is 204 g/mol. The topological polar surface area (TPSA) is 76.3 Å². The van der Waals surface area contributed by atoms with Crippen LogP contribution in [0, 0.1) is 10.1 Å². The van der Waals surface area contributed by atoms with Crippen LogP contribution in [0.3, 0.4) is 0 Å². The van der Waals surface area contributed by atoms with Crippen LogP contribution in [0.25, 0.3) is 0 Å². The minimum Gasteiger partial charge on any atom is -0.390 e. The summed E-state index contributed by atoms with van der Waals surface area (Å²) < 4.78 is 24.3. The fourth-order valence-corrected chi connectivity index (χ4v) is 0.892. The van der Waals surface area contributed by atoms with E-state index in [1.807, 2.05) is 0 Å². The molecule has 0 saturated carbocycles. The van der Waals surface area contributed by atoms with Crippen molar-refractivity contribution in [1.82, 2.24) is 4.98 Å². The SMILES string of the molecule is O=[N+]([O-])c1cc(CO)nc(C(F)F)c1. The van der Waals surface area contributed by atoms with Gasteiger partial charge in [-0.15, -0.1) is 0 Å². The van der Waals surface area contributed by atoms with Crippen molar-refractivity contribution in [2.75, 3.05) is 0 Å². The number of nitro groups is 1. The van der Waals surface area contributed by atoms with Gasteiger partial charge in [0.25, 0.3) is 12.1 Å². The highest BCUT2D eigenvalue weighted by molar-refractivity contribution is 5.33. The third-order valence-corrected chi connectivity index (χ3v) is 1.48. The lowest BCUT2D eigenvalue weighted by molar-refractivity contribution is -0.385. The van der Waals surface area contributed by atoms with Crippen LogP contribution in [0.1, 0.15) is 17.8 Å². The molecule has 0 aliphatic heterocycles. The number of aromatic nitrogens is 1. The third-order valence-electron chi connectivity index (χ3n) is 1.48. The Kier molecular flexibility index (Phi) is 3.03. The molecule has 1 aromatic rings. The van der Waals surface area contributed by atoms with Crippen LogP contribution in [0.2, 0.25) is 0 Å². The second-order valence-electron chi connectivity index (χ2n) is 2.46. The molecule has 14 heavy (non-hydrogen) atoms. The molecule has 7 heteroatoms. The number of pyridine rings is 1. The smallest absolute Gasteiger partial charge is 0.280 e. The number of hydrogen-bond acceptors (Lipinski definition) is 4. The van der Waals surface area contributed by atoms with Crippen LogP contribution in [0.4, 0.5) is 14.5 Å². The van der Waals surface area contributed by atoms with Gasteiger partial charge in [0, 0.05) is 12.1 Å². The summed E-state index contributed by atoms with van der Waals surface area (Å²) in [6.07, 6.45) is -2.89. The van der Waals surface area contributed by atoms with Crippen molar-refractivity contribution in [3.05, 3.63) is 33.6 Å². The first kappa shape index (κ1) is 10.5. The van der Waals surface area contributed by atoms with Gasteiger partial charge in [-0.3, -0.25) is 10.1 Å². The molecule has 0 spiro atoms. The van der Waals surface area contributed by atoms with Crippen molar-refractivity contribution < 1.29 is 18.8 Å². The molecule has 0 aromatic carbocycles. The number of aliphatic hydroxyl groups is 1. The molecule has 1 N–H and O–H groups in total. The van der Waals surface area contributed by atoms with Gasteiger partial charge in [0.15, 0.2) is 0 Å². The second-order valence-corrected chi connectivity index (χ2v) is 2.46. The average Bonchev–Trinajstić information content (AvgIpc) is 2.16.